The van der Waals surface area contributed by atoms with E-state index in [4.69, 9.17) is 14.2 Å². The van der Waals surface area contributed by atoms with Crippen LogP contribution in [0.2, 0.25) is 0 Å². The number of carbonyl (C=O) groups is 2. The van der Waals surface area contributed by atoms with Crippen LogP contribution in [0.25, 0.3) is 0 Å². The summed E-state index contributed by atoms with van der Waals surface area (Å²) in [5.41, 5.74) is 2.50. The number of ether oxygens (including phenoxy) is 3. The van der Waals surface area contributed by atoms with E-state index >= 15 is 0 Å². The molecule has 1 atom stereocenters. The van der Waals surface area contributed by atoms with Gasteiger partial charge in [0.05, 0.1) is 25.8 Å². The zero-order valence-electron chi connectivity index (χ0n) is 15.9. The molecule has 2 aromatic carbocycles. The third-order valence-corrected chi connectivity index (χ3v) is 4.43. The van der Waals surface area contributed by atoms with Gasteiger partial charge in [-0.2, -0.15) is 0 Å². The highest BCUT2D eigenvalue weighted by atomic mass is 16.5. The number of rotatable bonds is 6. The van der Waals surface area contributed by atoms with Gasteiger partial charge in [0.1, 0.15) is 6.61 Å². The number of urea groups is 1. The van der Waals surface area contributed by atoms with Crippen LogP contribution in [0, 0.1) is 0 Å². The standard InChI is InChI=1S/C21H22N2O5/c1-13-18(20(24)27-3)19(23-21(25)22-13)15-9-10-16(17(11-15)26-2)28-12-14-7-5-4-6-8-14/h4-11,19H,12H2,1-3H3,(H2,22,23,25)/t19-/m0/s1. The van der Waals surface area contributed by atoms with Crippen LogP contribution in [-0.4, -0.2) is 26.2 Å². The molecule has 0 fully saturated rings. The molecular weight excluding hydrogens is 360 g/mol. The largest absolute Gasteiger partial charge is 0.493 e. The lowest BCUT2D eigenvalue weighted by atomic mass is 9.95. The van der Waals surface area contributed by atoms with Gasteiger partial charge in [0.25, 0.3) is 0 Å². The van der Waals surface area contributed by atoms with Gasteiger partial charge >= 0.3 is 12.0 Å². The lowest BCUT2D eigenvalue weighted by Crippen LogP contribution is -2.45. The van der Waals surface area contributed by atoms with Gasteiger partial charge in [0, 0.05) is 5.70 Å². The second-order valence-electron chi connectivity index (χ2n) is 6.25. The van der Waals surface area contributed by atoms with E-state index in [-0.39, 0.29) is 0 Å². The quantitative estimate of drug-likeness (QED) is 0.750. The smallest absolute Gasteiger partial charge is 0.337 e. The van der Waals surface area contributed by atoms with E-state index in [2.05, 4.69) is 10.6 Å². The molecule has 0 aromatic heterocycles. The molecule has 7 nitrogen and oxygen atoms in total. The maximum Gasteiger partial charge on any atom is 0.337 e. The van der Waals surface area contributed by atoms with Crippen molar-refractivity contribution in [1.82, 2.24) is 10.6 Å². The lowest BCUT2D eigenvalue weighted by molar-refractivity contribution is -0.136. The molecule has 2 N–H and O–H groups in total. The predicted octanol–water partition coefficient (Wildman–Crippen LogP) is 3.08. The zero-order chi connectivity index (χ0) is 20.1. The summed E-state index contributed by atoms with van der Waals surface area (Å²) in [4.78, 5) is 24.2. The summed E-state index contributed by atoms with van der Waals surface area (Å²) in [5, 5.41) is 5.35. The normalized spacial score (nSPS) is 16.1. The van der Waals surface area contributed by atoms with E-state index in [1.54, 1.807) is 25.1 Å². The molecule has 2 aromatic rings. The summed E-state index contributed by atoms with van der Waals surface area (Å²) in [5.74, 6) is 0.553. The van der Waals surface area contributed by atoms with Crippen LogP contribution < -0.4 is 20.1 Å². The molecule has 7 heteroatoms. The Morgan fingerprint density at radius 3 is 2.50 bits per heavy atom. The average Bonchev–Trinajstić information content (AvgIpc) is 2.71. The molecule has 0 aliphatic carbocycles. The summed E-state index contributed by atoms with van der Waals surface area (Å²) in [6.07, 6.45) is 0. The third-order valence-electron chi connectivity index (χ3n) is 4.43. The van der Waals surface area contributed by atoms with E-state index in [1.165, 1.54) is 14.2 Å². The van der Waals surface area contributed by atoms with E-state index < -0.39 is 18.0 Å². The topological polar surface area (TPSA) is 85.9 Å². The Labute approximate surface area is 163 Å². The van der Waals surface area contributed by atoms with Gasteiger partial charge in [-0.3, -0.25) is 0 Å². The zero-order valence-corrected chi connectivity index (χ0v) is 15.9. The van der Waals surface area contributed by atoms with Crippen molar-refractivity contribution >= 4 is 12.0 Å². The number of methoxy groups -OCH3 is 2. The minimum absolute atomic E-state index is 0.335. The van der Waals surface area contributed by atoms with Crippen LogP contribution in [0.3, 0.4) is 0 Å². The number of carbonyl (C=O) groups excluding carboxylic acids is 2. The fourth-order valence-electron chi connectivity index (χ4n) is 3.04. The molecule has 1 aliphatic rings. The van der Waals surface area contributed by atoms with Crippen molar-refractivity contribution in [1.29, 1.82) is 0 Å². The number of amides is 2. The van der Waals surface area contributed by atoms with Crippen LogP contribution >= 0.6 is 0 Å². The van der Waals surface area contributed by atoms with E-state index in [1.807, 2.05) is 30.3 Å². The van der Waals surface area contributed by atoms with Gasteiger partial charge < -0.3 is 24.8 Å². The Morgan fingerprint density at radius 1 is 1.07 bits per heavy atom. The van der Waals surface area contributed by atoms with Crippen LogP contribution in [-0.2, 0) is 16.1 Å². The number of nitrogens with one attached hydrogen (secondary N) is 2. The second kappa shape index (κ2) is 8.47. The molecule has 2 amide bonds. The molecule has 0 saturated carbocycles. The van der Waals surface area contributed by atoms with E-state index in [0.29, 0.717) is 34.9 Å². The van der Waals surface area contributed by atoms with Gasteiger partial charge in [0.15, 0.2) is 11.5 Å². The Kier molecular flexibility index (Phi) is 5.84. The number of esters is 1. The number of allylic oxidation sites excluding steroid dienone is 1. The molecule has 0 saturated heterocycles. The Bertz CT molecular complexity index is 908. The van der Waals surface area contributed by atoms with Gasteiger partial charge in [-0.05, 0) is 30.2 Å². The summed E-state index contributed by atoms with van der Waals surface area (Å²) in [6.45, 7) is 2.06. The molecule has 0 unspecified atom stereocenters. The molecule has 146 valence electrons. The minimum atomic E-state index is -0.654. The first kappa shape index (κ1) is 19.3. The fourth-order valence-corrected chi connectivity index (χ4v) is 3.04. The van der Waals surface area contributed by atoms with Gasteiger partial charge in [-0.15, -0.1) is 0 Å². The summed E-state index contributed by atoms with van der Waals surface area (Å²) in [6, 6.07) is 14.0. The third kappa shape index (κ3) is 4.09. The van der Waals surface area contributed by atoms with Crippen LogP contribution in [0.4, 0.5) is 4.79 Å². The second-order valence-corrected chi connectivity index (χ2v) is 6.25. The Balaban J connectivity index is 1.88. The first-order valence-electron chi connectivity index (χ1n) is 8.74. The number of hydrogen-bond acceptors (Lipinski definition) is 5. The summed E-state index contributed by atoms with van der Waals surface area (Å²) < 4.78 is 16.2. The highest BCUT2D eigenvalue weighted by Gasteiger charge is 2.32. The molecule has 28 heavy (non-hydrogen) atoms. The van der Waals surface area contributed by atoms with Crippen molar-refractivity contribution in [3.63, 3.8) is 0 Å². The summed E-state index contributed by atoms with van der Waals surface area (Å²) in [7, 11) is 2.84. The monoisotopic (exact) mass is 382 g/mol. The highest BCUT2D eigenvalue weighted by molar-refractivity contribution is 5.95. The first-order valence-corrected chi connectivity index (χ1v) is 8.74. The van der Waals surface area contributed by atoms with Crippen molar-refractivity contribution in [2.24, 2.45) is 0 Å². The Morgan fingerprint density at radius 2 is 1.82 bits per heavy atom. The molecule has 1 heterocycles. The van der Waals surface area contributed by atoms with Crippen LogP contribution in [0.5, 0.6) is 11.5 Å². The predicted molar refractivity (Wildman–Crippen MR) is 103 cm³/mol. The van der Waals surface area contributed by atoms with E-state index in [0.717, 1.165) is 5.56 Å². The molecular formula is C21H22N2O5. The van der Waals surface area contributed by atoms with Crippen molar-refractivity contribution < 1.29 is 23.8 Å². The molecule has 0 spiro atoms. The minimum Gasteiger partial charge on any atom is -0.493 e. The summed E-state index contributed by atoms with van der Waals surface area (Å²) >= 11 is 0. The molecule has 3 rings (SSSR count). The first-order chi connectivity index (χ1) is 13.5. The maximum atomic E-state index is 12.2. The number of hydrogen-bond donors (Lipinski definition) is 2. The van der Waals surface area contributed by atoms with Crippen molar-refractivity contribution in [2.75, 3.05) is 14.2 Å². The molecule has 0 radical (unpaired) electrons. The van der Waals surface area contributed by atoms with Crippen LogP contribution in [0.1, 0.15) is 24.1 Å². The maximum absolute atomic E-state index is 12.2. The average molecular weight is 382 g/mol. The van der Waals surface area contributed by atoms with Crippen molar-refractivity contribution in [3.8, 4) is 11.5 Å². The number of benzene rings is 2. The Hall–Kier alpha value is -3.48. The van der Waals surface area contributed by atoms with Crippen LogP contribution in [0.15, 0.2) is 59.8 Å². The SMILES string of the molecule is COC(=O)C1=C(C)NC(=O)N[C@H]1c1ccc(OCc2ccccc2)c(OC)c1. The van der Waals surface area contributed by atoms with Crippen molar-refractivity contribution in [2.45, 2.75) is 19.6 Å². The molecule has 0 bridgehead atoms. The van der Waals surface area contributed by atoms with Gasteiger partial charge in [-0.1, -0.05) is 36.4 Å². The lowest BCUT2D eigenvalue weighted by Gasteiger charge is -2.28. The molecule has 1 aliphatic heterocycles. The van der Waals surface area contributed by atoms with Gasteiger partial charge in [-0.25, -0.2) is 9.59 Å². The fraction of sp³-hybridized carbons (Fsp3) is 0.238. The van der Waals surface area contributed by atoms with Gasteiger partial charge in [0.2, 0.25) is 0 Å². The van der Waals surface area contributed by atoms with E-state index in [9.17, 15) is 9.59 Å². The van der Waals surface area contributed by atoms with Crippen molar-refractivity contribution in [3.05, 3.63) is 70.9 Å². The highest BCUT2D eigenvalue weighted by Crippen LogP contribution is 2.34.